The fourth-order valence-electron chi connectivity index (χ4n) is 6.84. The summed E-state index contributed by atoms with van der Waals surface area (Å²) in [4.78, 5) is 22.4. The maximum Gasteiger partial charge on any atom is 0.106 e. The molecular formula is C64H108N12. The lowest BCUT2D eigenvalue weighted by molar-refractivity contribution is 0.376. The van der Waals surface area contributed by atoms with Crippen molar-refractivity contribution >= 4 is 0 Å². The Labute approximate surface area is 463 Å². The molecule has 12 heteroatoms. The standard InChI is InChI=1S/2C11H17N.2C9H16N2.3C8H14N2/c1-11(2,3)7-4-10-5-8-12-9-6-10;1-11(2,3)7-6-10-5-4-8-12-9-10;1-9(2,3)5-4-8-6-10-7-11-8;1-9(2,3)5-4-8-6-10-11-7-8;1-8(2,3)4-7-5-9-10-6-7;1-8(2,3)6-7-9-4-5-10-7;1-8(2,3)6-7-4-5-9-10-7/h5-6,8-9H,4,7H2,1-3H3;4-5,8-9H,6-7H2,1-3H3;2*6-7H,4-5H2,1-3H3,(H,10,11);5-6H,4H2,1-3H3,(H,9,10);2*4-5H,6H2,1-3H3,(H,9,10). The highest BCUT2D eigenvalue weighted by Crippen LogP contribution is 2.24. The monoisotopic (exact) mass is 1040 g/mol. The number of imidazole rings is 2. The van der Waals surface area contributed by atoms with Crippen molar-refractivity contribution in [3.05, 3.63) is 150 Å². The van der Waals surface area contributed by atoms with Crippen molar-refractivity contribution in [1.82, 2.24) is 60.5 Å². The van der Waals surface area contributed by atoms with E-state index in [2.05, 4.69) is 224 Å². The number of aryl methyl sites for hydroxylation is 4. The van der Waals surface area contributed by atoms with Crippen LogP contribution in [0, 0.1) is 37.9 Å². The molecule has 0 saturated heterocycles. The first-order valence-corrected chi connectivity index (χ1v) is 27.7. The number of nitrogens with one attached hydrogen (secondary N) is 5. The zero-order valence-corrected chi connectivity index (χ0v) is 51.8. The predicted molar refractivity (Wildman–Crippen MR) is 322 cm³/mol. The van der Waals surface area contributed by atoms with Crippen LogP contribution in [0.5, 0.6) is 0 Å². The number of rotatable bonds is 11. The van der Waals surface area contributed by atoms with Crippen molar-refractivity contribution in [3.8, 4) is 0 Å². The van der Waals surface area contributed by atoms with E-state index in [-0.39, 0.29) is 0 Å². The highest BCUT2D eigenvalue weighted by atomic mass is 15.1. The molecule has 0 aliphatic carbocycles. The van der Waals surface area contributed by atoms with E-state index in [1.165, 1.54) is 59.3 Å². The summed E-state index contributed by atoms with van der Waals surface area (Å²) >= 11 is 0. The molecule has 0 spiro atoms. The lowest BCUT2D eigenvalue weighted by Gasteiger charge is -2.17. The van der Waals surface area contributed by atoms with Gasteiger partial charge in [0.05, 0.1) is 18.7 Å². The molecule has 424 valence electrons. The maximum absolute atomic E-state index is 4.15. The molecule has 0 aromatic carbocycles. The molecule has 76 heavy (non-hydrogen) atoms. The van der Waals surface area contributed by atoms with Crippen LogP contribution in [0.4, 0.5) is 0 Å². The number of H-pyrrole nitrogens is 5. The number of aromatic amines is 5. The Hall–Kier alpha value is -5.65. The third kappa shape index (κ3) is 43.6. The van der Waals surface area contributed by atoms with Crippen molar-refractivity contribution in [2.75, 3.05) is 0 Å². The number of hydrogen-bond acceptors (Lipinski definition) is 7. The lowest BCUT2D eigenvalue weighted by Crippen LogP contribution is -2.10. The first-order chi connectivity index (χ1) is 35.0. The Morgan fingerprint density at radius 1 is 0.368 bits per heavy atom. The molecule has 7 heterocycles. The summed E-state index contributed by atoms with van der Waals surface area (Å²) in [6, 6.07) is 10.3. The van der Waals surface area contributed by atoms with Crippen LogP contribution in [0.1, 0.15) is 211 Å². The zero-order valence-electron chi connectivity index (χ0n) is 51.8. The van der Waals surface area contributed by atoms with Gasteiger partial charge in [0.15, 0.2) is 0 Å². The van der Waals surface area contributed by atoms with E-state index >= 15 is 0 Å². The van der Waals surface area contributed by atoms with Crippen LogP contribution >= 0.6 is 0 Å². The molecule has 0 aliphatic heterocycles. The van der Waals surface area contributed by atoms with Gasteiger partial charge in [0, 0.05) is 79.8 Å². The van der Waals surface area contributed by atoms with Crippen molar-refractivity contribution in [2.24, 2.45) is 37.9 Å². The second-order valence-electron chi connectivity index (χ2n) is 28.6. The largest absolute Gasteiger partial charge is 0.349 e. The molecule has 0 aliphatic rings. The van der Waals surface area contributed by atoms with Crippen molar-refractivity contribution in [1.29, 1.82) is 0 Å². The average Bonchev–Trinajstić information content (AvgIpc) is 4.16. The molecule has 7 rings (SSSR count). The first-order valence-electron chi connectivity index (χ1n) is 27.7. The topological polar surface area (TPSA) is 169 Å². The number of nitrogens with zero attached hydrogens (tertiary/aromatic N) is 7. The second kappa shape index (κ2) is 33.5. The minimum atomic E-state index is 0.331. The normalized spacial score (nSPS) is 11.8. The third-order valence-corrected chi connectivity index (χ3v) is 11.0. The van der Waals surface area contributed by atoms with E-state index < -0.39 is 0 Å². The molecule has 5 N–H and O–H groups in total. The molecule has 0 bridgehead atoms. The van der Waals surface area contributed by atoms with Gasteiger partial charge in [-0.05, 0) is 149 Å². The number of hydrogen-bond donors (Lipinski definition) is 5. The molecule has 7 aromatic heterocycles. The van der Waals surface area contributed by atoms with Gasteiger partial charge >= 0.3 is 0 Å². The molecule has 12 nitrogen and oxygen atoms in total. The van der Waals surface area contributed by atoms with Gasteiger partial charge < -0.3 is 9.97 Å². The minimum absolute atomic E-state index is 0.331. The fraction of sp³-hybridized carbons (Fsp3) is 0.609. The highest BCUT2D eigenvalue weighted by Gasteiger charge is 2.15. The summed E-state index contributed by atoms with van der Waals surface area (Å²) in [6.07, 6.45) is 36.8. The molecule has 0 amide bonds. The van der Waals surface area contributed by atoms with Gasteiger partial charge in [-0.3, -0.25) is 25.3 Å². The maximum atomic E-state index is 4.15. The van der Waals surface area contributed by atoms with Crippen LogP contribution in [0.3, 0.4) is 0 Å². The number of pyridine rings is 2. The SMILES string of the molecule is CC(C)(C)CCc1cccnc1.CC(C)(C)CCc1ccncc1.CC(C)(C)CCc1cn[nH]c1.CC(C)(C)CCc1cnc[nH]1.CC(C)(C)Cc1ccn[nH]1.CC(C)(C)Cc1cn[nH]c1.CC(C)(C)Cc1ncc[nH]1. The van der Waals surface area contributed by atoms with Crippen LogP contribution in [0.25, 0.3) is 0 Å². The van der Waals surface area contributed by atoms with Crippen LogP contribution < -0.4 is 0 Å². The predicted octanol–water partition coefficient (Wildman–Crippen LogP) is 16.9. The summed E-state index contributed by atoms with van der Waals surface area (Å²) in [6.45, 7) is 47.1. The summed E-state index contributed by atoms with van der Waals surface area (Å²) < 4.78 is 0. The lowest BCUT2D eigenvalue weighted by atomic mass is 9.89. The Balaban J connectivity index is 0.000000444. The van der Waals surface area contributed by atoms with E-state index in [1.54, 1.807) is 18.7 Å². The Bertz CT molecular complexity index is 2120. The Morgan fingerprint density at radius 2 is 0.882 bits per heavy atom. The molecule has 7 aromatic rings. The molecule has 0 saturated carbocycles. The molecule has 0 fully saturated rings. The van der Waals surface area contributed by atoms with Crippen molar-refractivity contribution < 1.29 is 0 Å². The molecule has 0 atom stereocenters. The number of aromatic nitrogens is 12. The van der Waals surface area contributed by atoms with Crippen LogP contribution in [0.2, 0.25) is 0 Å². The molecule has 0 radical (unpaired) electrons. The van der Waals surface area contributed by atoms with E-state index in [1.807, 2.05) is 74.1 Å². The van der Waals surface area contributed by atoms with Crippen LogP contribution in [-0.4, -0.2) is 60.5 Å². The van der Waals surface area contributed by atoms with E-state index in [4.69, 9.17) is 0 Å². The van der Waals surface area contributed by atoms with Crippen LogP contribution in [0.15, 0.2) is 111 Å². The average molecular weight is 1050 g/mol. The van der Waals surface area contributed by atoms with Gasteiger partial charge in [0.2, 0.25) is 0 Å². The highest BCUT2D eigenvalue weighted by molar-refractivity contribution is 5.10. The van der Waals surface area contributed by atoms with Crippen LogP contribution in [-0.2, 0) is 44.9 Å². The molecular weight excluding hydrogens is 937 g/mol. The molecule has 0 unspecified atom stereocenters. The van der Waals surface area contributed by atoms with Gasteiger partial charge in [-0.2, -0.15) is 15.3 Å². The van der Waals surface area contributed by atoms with E-state index in [9.17, 15) is 0 Å². The Morgan fingerprint density at radius 3 is 1.29 bits per heavy atom. The minimum Gasteiger partial charge on any atom is -0.349 e. The first kappa shape index (κ1) is 68.4. The summed E-state index contributed by atoms with van der Waals surface area (Å²) in [5.74, 6) is 1.08. The van der Waals surface area contributed by atoms with Gasteiger partial charge in [-0.1, -0.05) is 151 Å². The summed E-state index contributed by atoms with van der Waals surface area (Å²) in [5, 5.41) is 20.2. The third-order valence-electron chi connectivity index (χ3n) is 11.0. The van der Waals surface area contributed by atoms with Gasteiger partial charge in [-0.15, -0.1) is 0 Å². The van der Waals surface area contributed by atoms with Gasteiger partial charge in [-0.25, -0.2) is 9.97 Å². The summed E-state index contributed by atoms with van der Waals surface area (Å²) in [7, 11) is 0. The van der Waals surface area contributed by atoms with Gasteiger partial charge in [0.1, 0.15) is 5.82 Å². The smallest absolute Gasteiger partial charge is 0.106 e. The second-order valence-corrected chi connectivity index (χ2v) is 28.6. The van der Waals surface area contributed by atoms with Crippen molar-refractivity contribution in [2.45, 2.75) is 216 Å². The fourth-order valence-corrected chi connectivity index (χ4v) is 6.84. The van der Waals surface area contributed by atoms with Crippen molar-refractivity contribution in [3.63, 3.8) is 0 Å². The van der Waals surface area contributed by atoms with E-state index in [0.29, 0.717) is 37.9 Å². The van der Waals surface area contributed by atoms with E-state index in [0.717, 1.165) is 50.8 Å². The zero-order chi connectivity index (χ0) is 57.5. The van der Waals surface area contributed by atoms with Gasteiger partial charge in [0.25, 0.3) is 0 Å². The summed E-state index contributed by atoms with van der Waals surface area (Å²) in [5.41, 5.74) is 10.5. The quantitative estimate of drug-likeness (QED) is 0.0859. The Kier molecular flexibility index (Phi) is 30.1.